The van der Waals surface area contributed by atoms with E-state index in [4.69, 9.17) is 0 Å². The van der Waals surface area contributed by atoms with Crippen LogP contribution in [0.2, 0.25) is 0 Å². The number of aromatic nitrogens is 4. The van der Waals surface area contributed by atoms with Gasteiger partial charge < -0.3 is 5.11 Å². The third-order valence-corrected chi connectivity index (χ3v) is 4.17. The molecule has 0 radical (unpaired) electrons. The molecule has 0 bridgehead atoms. The third-order valence-electron chi connectivity index (χ3n) is 4.17. The minimum atomic E-state index is -0.251. The molecule has 112 valence electrons. The highest BCUT2D eigenvalue weighted by atomic mass is 16.3. The summed E-state index contributed by atoms with van der Waals surface area (Å²) >= 11 is 0. The molecule has 6 heteroatoms. The summed E-state index contributed by atoms with van der Waals surface area (Å²) in [5.41, 5.74) is 0.945. The summed E-state index contributed by atoms with van der Waals surface area (Å²) in [6.07, 6.45) is 2.04. The molecule has 0 spiro atoms. The van der Waals surface area contributed by atoms with E-state index in [0.29, 0.717) is 12.5 Å². The Kier molecular flexibility index (Phi) is 3.98. The highest BCUT2D eigenvalue weighted by molar-refractivity contribution is 5.30. The van der Waals surface area contributed by atoms with Gasteiger partial charge in [-0.05, 0) is 55.3 Å². The van der Waals surface area contributed by atoms with Gasteiger partial charge in [0.1, 0.15) is 0 Å². The Labute approximate surface area is 124 Å². The Bertz CT molecular complexity index is 581. The van der Waals surface area contributed by atoms with Crippen molar-refractivity contribution in [2.24, 2.45) is 5.92 Å². The second-order valence-corrected chi connectivity index (χ2v) is 5.80. The lowest BCUT2D eigenvalue weighted by molar-refractivity contribution is 0.0889. The molecule has 0 aliphatic heterocycles. The van der Waals surface area contributed by atoms with E-state index in [2.05, 4.69) is 27.3 Å². The van der Waals surface area contributed by atoms with Gasteiger partial charge in [-0.1, -0.05) is 18.2 Å². The van der Waals surface area contributed by atoms with E-state index >= 15 is 0 Å². The Balaban J connectivity index is 1.75. The molecule has 1 aliphatic carbocycles. The van der Waals surface area contributed by atoms with Crippen molar-refractivity contribution in [2.75, 3.05) is 13.6 Å². The molecular weight excluding hydrogens is 266 g/mol. The summed E-state index contributed by atoms with van der Waals surface area (Å²) < 4.78 is 1.75. The second kappa shape index (κ2) is 5.91. The van der Waals surface area contributed by atoms with Crippen molar-refractivity contribution in [3.05, 3.63) is 36.2 Å². The maximum atomic E-state index is 10.1. The predicted molar refractivity (Wildman–Crippen MR) is 78.9 cm³/mol. The van der Waals surface area contributed by atoms with Crippen LogP contribution in [-0.2, 0) is 0 Å². The van der Waals surface area contributed by atoms with Gasteiger partial charge in [-0.3, -0.25) is 4.90 Å². The first-order valence-corrected chi connectivity index (χ1v) is 7.39. The van der Waals surface area contributed by atoms with E-state index in [0.717, 1.165) is 24.4 Å². The average molecular weight is 287 g/mol. The molecule has 3 rings (SSSR count). The Hall–Kier alpha value is -1.79. The first kappa shape index (κ1) is 14.2. The molecule has 2 aromatic rings. The van der Waals surface area contributed by atoms with E-state index in [1.54, 1.807) is 4.68 Å². The van der Waals surface area contributed by atoms with E-state index < -0.39 is 0 Å². The quantitative estimate of drug-likeness (QED) is 0.870. The van der Waals surface area contributed by atoms with Gasteiger partial charge >= 0.3 is 0 Å². The van der Waals surface area contributed by atoms with Crippen LogP contribution in [0.1, 0.15) is 31.6 Å². The molecule has 0 saturated heterocycles. The standard InChI is InChI=1S/C15H21N5O/c1-11(19(2)10-14(21)12-8-9-12)15-16-17-18-20(15)13-6-4-3-5-7-13/h3-7,11-12,14,21H,8-10H2,1-2H3. The summed E-state index contributed by atoms with van der Waals surface area (Å²) in [5, 5.41) is 22.1. The van der Waals surface area contributed by atoms with E-state index in [1.807, 2.05) is 37.4 Å². The number of tetrazole rings is 1. The van der Waals surface area contributed by atoms with Crippen LogP contribution in [0.5, 0.6) is 0 Å². The minimum absolute atomic E-state index is 0.0357. The predicted octanol–water partition coefficient (Wildman–Crippen LogP) is 1.43. The molecule has 1 fully saturated rings. The number of para-hydroxylation sites is 1. The van der Waals surface area contributed by atoms with Crippen molar-refractivity contribution in [1.82, 2.24) is 25.1 Å². The van der Waals surface area contributed by atoms with Gasteiger partial charge in [0, 0.05) is 6.54 Å². The number of hydrogen-bond donors (Lipinski definition) is 1. The van der Waals surface area contributed by atoms with Crippen LogP contribution in [0, 0.1) is 5.92 Å². The number of benzene rings is 1. The first-order chi connectivity index (χ1) is 10.2. The van der Waals surface area contributed by atoms with Crippen LogP contribution in [0.3, 0.4) is 0 Å². The number of rotatable bonds is 6. The topological polar surface area (TPSA) is 67.1 Å². The van der Waals surface area contributed by atoms with E-state index in [9.17, 15) is 5.11 Å². The van der Waals surface area contributed by atoms with E-state index in [-0.39, 0.29) is 12.1 Å². The number of nitrogens with zero attached hydrogens (tertiary/aromatic N) is 5. The zero-order chi connectivity index (χ0) is 14.8. The number of aliphatic hydroxyl groups is 1. The van der Waals surface area contributed by atoms with Gasteiger partial charge in [-0.25, -0.2) is 0 Å². The lowest BCUT2D eigenvalue weighted by Crippen LogP contribution is -2.33. The third kappa shape index (κ3) is 3.11. The molecule has 1 saturated carbocycles. The molecule has 1 aromatic heterocycles. The van der Waals surface area contributed by atoms with Crippen LogP contribution < -0.4 is 0 Å². The highest BCUT2D eigenvalue weighted by Crippen LogP contribution is 2.33. The van der Waals surface area contributed by atoms with Crippen molar-refractivity contribution >= 4 is 0 Å². The first-order valence-electron chi connectivity index (χ1n) is 7.39. The Morgan fingerprint density at radius 2 is 2.05 bits per heavy atom. The van der Waals surface area contributed by atoms with Gasteiger partial charge in [-0.2, -0.15) is 4.68 Å². The number of hydrogen-bond acceptors (Lipinski definition) is 5. The SMILES string of the molecule is CC(c1nnnn1-c1ccccc1)N(C)CC(O)C1CC1. The molecule has 1 aliphatic rings. The van der Waals surface area contributed by atoms with Crippen molar-refractivity contribution in [2.45, 2.75) is 31.9 Å². The normalized spacial score (nSPS) is 17.9. The summed E-state index contributed by atoms with van der Waals surface area (Å²) in [6, 6.07) is 9.89. The zero-order valence-corrected chi connectivity index (χ0v) is 12.4. The Morgan fingerprint density at radius 3 is 2.71 bits per heavy atom. The molecule has 1 heterocycles. The summed E-state index contributed by atoms with van der Waals surface area (Å²) in [4.78, 5) is 2.11. The molecule has 6 nitrogen and oxygen atoms in total. The fourth-order valence-corrected chi connectivity index (χ4v) is 2.49. The molecule has 1 N–H and O–H groups in total. The summed E-state index contributed by atoms with van der Waals surface area (Å²) in [7, 11) is 2.00. The zero-order valence-electron chi connectivity index (χ0n) is 12.4. The van der Waals surface area contributed by atoms with Crippen molar-refractivity contribution < 1.29 is 5.11 Å². The van der Waals surface area contributed by atoms with Gasteiger partial charge in [0.25, 0.3) is 0 Å². The highest BCUT2D eigenvalue weighted by Gasteiger charge is 2.31. The van der Waals surface area contributed by atoms with Crippen LogP contribution in [-0.4, -0.2) is 49.9 Å². The van der Waals surface area contributed by atoms with Crippen LogP contribution in [0.15, 0.2) is 30.3 Å². The van der Waals surface area contributed by atoms with Gasteiger partial charge in [0.2, 0.25) is 0 Å². The molecule has 0 amide bonds. The molecule has 1 aromatic carbocycles. The molecular formula is C15H21N5O. The van der Waals surface area contributed by atoms with Gasteiger partial charge in [0.05, 0.1) is 17.8 Å². The monoisotopic (exact) mass is 287 g/mol. The fourth-order valence-electron chi connectivity index (χ4n) is 2.49. The van der Waals surface area contributed by atoms with Crippen LogP contribution in [0.25, 0.3) is 5.69 Å². The summed E-state index contributed by atoms with van der Waals surface area (Å²) in [5.74, 6) is 1.26. The largest absolute Gasteiger partial charge is 0.392 e. The van der Waals surface area contributed by atoms with E-state index in [1.165, 1.54) is 0 Å². The van der Waals surface area contributed by atoms with Gasteiger partial charge in [0.15, 0.2) is 5.82 Å². The molecule has 21 heavy (non-hydrogen) atoms. The van der Waals surface area contributed by atoms with Crippen molar-refractivity contribution in [1.29, 1.82) is 0 Å². The molecule has 2 unspecified atom stereocenters. The van der Waals surface area contributed by atoms with Crippen LogP contribution in [0.4, 0.5) is 0 Å². The maximum Gasteiger partial charge on any atom is 0.173 e. The smallest absolute Gasteiger partial charge is 0.173 e. The summed E-state index contributed by atoms with van der Waals surface area (Å²) in [6.45, 7) is 2.71. The lowest BCUT2D eigenvalue weighted by atomic mass is 10.2. The lowest BCUT2D eigenvalue weighted by Gasteiger charge is -2.26. The van der Waals surface area contributed by atoms with Crippen molar-refractivity contribution in [3.8, 4) is 5.69 Å². The number of aliphatic hydroxyl groups excluding tert-OH is 1. The fraction of sp³-hybridized carbons (Fsp3) is 0.533. The van der Waals surface area contributed by atoms with Crippen LogP contribution >= 0.6 is 0 Å². The average Bonchev–Trinajstić information content (AvgIpc) is 3.24. The second-order valence-electron chi connectivity index (χ2n) is 5.80. The number of likely N-dealkylation sites (N-methyl/N-ethyl adjacent to an activating group) is 1. The Morgan fingerprint density at radius 1 is 1.33 bits per heavy atom. The van der Waals surface area contributed by atoms with Gasteiger partial charge in [-0.15, -0.1) is 5.10 Å². The maximum absolute atomic E-state index is 10.1. The molecule has 2 atom stereocenters. The minimum Gasteiger partial charge on any atom is -0.392 e. The van der Waals surface area contributed by atoms with Crippen molar-refractivity contribution in [3.63, 3.8) is 0 Å².